The van der Waals surface area contributed by atoms with Gasteiger partial charge in [0.1, 0.15) is 16.4 Å². The fourth-order valence-electron chi connectivity index (χ4n) is 4.53. The van der Waals surface area contributed by atoms with Gasteiger partial charge < -0.3 is 15.4 Å². The smallest absolute Gasteiger partial charge is 0.283 e. The summed E-state index contributed by atoms with van der Waals surface area (Å²) in [4.78, 5) is 41.9. The van der Waals surface area contributed by atoms with E-state index in [1.165, 1.54) is 16.7 Å². The van der Waals surface area contributed by atoms with Crippen LogP contribution in [0.4, 0.5) is 17.1 Å². The first-order valence-electron chi connectivity index (χ1n) is 12.2. The number of anilines is 3. The van der Waals surface area contributed by atoms with Crippen molar-refractivity contribution in [3.8, 4) is 5.75 Å². The zero-order valence-electron chi connectivity index (χ0n) is 20.4. The van der Waals surface area contributed by atoms with E-state index >= 15 is 0 Å². The molecule has 0 atom stereocenters. The lowest BCUT2D eigenvalue weighted by Crippen LogP contribution is -2.32. The van der Waals surface area contributed by atoms with Crippen LogP contribution in [0.15, 0.2) is 94.4 Å². The maximum Gasteiger partial charge on any atom is 0.283 e. The molecule has 1 heterocycles. The topological polar surface area (TPSA) is 87.7 Å². The number of thioether (sulfide) groups is 1. The second-order valence-corrected chi connectivity index (χ2v) is 10.0. The van der Waals surface area contributed by atoms with Crippen LogP contribution in [0.3, 0.4) is 0 Å². The quantitative estimate of drug-likeness (QED) is 0.370. The number of hydrogen-bond acceptors (Lipinski definition) is 6. The molecule has 5 rings (SSSR count). The van der Waals surface area contributed by atoms with Crippen molar-refractivity contribution in [2.45, 2.75) is 30.6 Å². The molecule has 1 saturated carbocycles. The summed E-state index contributed by atoms with van der Waals surface area (Å²) in [7, 11) is 1.58. The molecule has 8 heteroatoms. The maximum atomic E-state index is 13.6. The summed E-state index contributed by atoms with van der Waals surface area (Å²) in [5.41, 5.74) is 2.02. The average molecular weight is 514 g/mol. The molecule has 3 amide bonds. The predicted octanol–water partition coefficient (Wildman–Crippen LogP) is 5.81. The van der Waals surface area contributed by atoms with E-state index in [1.54, 1.807) is 55.6 Å². The number of imide groups is 1. The van der Waals surface area contributed by atoms with Gasteiger partial charge in [-0.2, -0.15) is 0 Å². The largest absolute Gasteiger partial charge is 0.497 e. The third-order valence-corrected chi connectivity index (χ3v) is 7.54. The molecule has 3 aromatic rings. The summed E-state index contributed by atoms with van der Waals surface area (Å²) in [6.45, 7) is 0. The summed E-state index contributed by atoms with van der Waals surface area (Å²) >= 11 is 1.20. The average Bonchev–Trinajstić information content (AvgIpc) is 3.54. The van der Waals surface area contributed by atoms with Crippen molar-refractivity contribution in [2.24, 2.45) is 5.92 Å². The van der Waals surface area contributed by atoms with E-state index in [1.807, 2.05) is 30.3 Å². The van der Waals surface area contributed by atoms with Gasteiger partial charge in [0.15, 0.2) is 0 Å². The summed E-state index contributed by atoms with van der Waals surface area (Å²) in [6.07, 6.45) is 4.00. The molecular formula is C29H27N3O4S. The van der Waals surface area contributed by atoms with Crippen molar-refractivity contribution in [1.82, 2.24) is 0 Å². The zero-order valence-corrected chi connectivity index (χ0v) is 21.2. The highest BCUT2D eigenvalue weighted by atomic mass is 32.2. The van der Waals surface area contributed by atoms with Crippen LogP contribution in [0, 0.1) is 5.92 Å². The van der Waals surface area contributed by atoms with Gasteiger partial charge in [0.05, 0.1) is 12.8 Å². The number of benzene rings is 3. The van der Waals surface area contributed by atoms with Gasteiger partial charge in [-0.1, -0.05) is 48.9 Å². The Bertz CT molecular complexity index is 1350. The molecule has 2 aliphatic rings. The Kier molecular flexibility index (Phi) is 7.28. The normalized spacial score (nSPS) is 15.9. The first kappa shape index (κ1) is 24.6. The lowest BCUT2D eigenvalue weighted by Gasteiger charge is -2.15. The molecule has 3 aromatic carbocycles. The lowest BCUT2D eigenvalue weighted by molar-refractivity contribution is -0.121. The van der Waals surface area contributed by atoms with Crippen LogP contribution in [-0.2, 0) is 14.4 Å². The van der Waals surface area contributed by atoms with Crippen LogP contribution < -0.4 is 20.3 Å². The molecule has 37 heavy (non-hydrogen) atoms. The number of carbonyl (C=O) groups is 3. The third kappa shape index (κ3) is 5.39. The van der Waals surface area contributed by atoms with Gasteiger partial charge in [-0.3, -0.25) is 14.4 Å². The summed E-state index contributed by atoms with van der Waals surface area (Å²) < 4.78 is 5.22. The molecule has 2 N–H and O–H groups in total. The number of hydrogen-bond donors (Lipinski definition) is 2. The molecule has 1 aliphatic heterocycles. The van der Waals surface area contributed by atoms with Gasteiger partial charge in [-0.05, 0) is 67.4 Å². The van der Waals surface area contributed by atoms with Crippen molar-refractivity contribution in [2.75, 3.05) is 22.6 Å². The van der Waals surface area contributed by atoms with E-state index < -0.39 is 11.8 Å². The van der Waals surface area contributed by atoms with Gasteiger partial charge >= 0.3 is 0 Å². The second kappa shape index (κ2) is 10.9. The number of amides is 3. The summed E-state index contributed by atoms with van der Waals surface area (Å²) in [5, 5.41) is 6.16. The summed E-state index contributed by atoms with van der Waals surface area (Å²) in [5.74, 6) is -0.0703. The molecule has 0 unspecified atom stereocenters. The Morgan fingerprint density at radius 3 is 2.32 bits per heavy atom. The maximum absolute atomic E-state index is 13.6. The van der Waals surface area contributed by atoms with E-state index in [2.05, 4.69) is 10.6 Å². The molecule has 1 fully saturated rings. The van der Waals surface area contributed by atoms with Crippen LogP contribution in [0.25, 0.3) is 0 Å². The zero-order chi connectivity index (χ0) is 25.8. The fraction of sp³-hybridized carbons (Fsp3) is 0.207. The van der Waals surface area contributed by atoms with Gasteiger partial charge in [0.2, 0.25) is 5.91 Å². The fourth-order valence-corrected chi connectivity index (χ4v) is 5.52. The minimum atomic E-state index is -0.430. The molecule has 0 saturated heterocycles. The van der Waals surface area contributed by atoms with Crippen molar-refractivity contribution in [3.05, 3.63) is 89.5 Å². The molecule has 0 aromatic heterocycles. The minimum Gasteiger partial charge on any atom is -0.497 e. The first-order valence-corrected chi connectivity index (χ1v) is 13.0. The highest BCUT2D eigenvalue weighted by Gasteiger charge is 2.40. The van der Waals surface area contributed by atoms with E-state index in [0.717, 1.165) is 30.6 Å². The number of carbonyl (C=O) groups excluding carboxylic acids is 3. The number of ether oxygens (including phenoxy) is 1. The Labute approximate surface area is 219 Å². The van der Waals surface area contributed by atoms with Gasteiger partial charge in [-0.15, -0.1) is 0 Å². The molecule has 7 nitrogen and oxygen atoms in total. The summed E-state index contributed by atoms with van der Waals surface area (Å²) in [6, 6.07) is 23.4. The van der Waals surface area contributed by atoms with Gasteiger partial charge in [0, 0.05) is 22.2 Å². The Balaban J connectivity index is 1.43. The van der Waals surface area contributed by atoms with E-state index in [4.69, 9.17) is 4.74 Å². The van der Waals surface area contributed by atoms with Crippen molar-refractivity contribution < 1.29 is 19.1 Å². The van der Waals surface area contributed by atoms with E-state index in [9.17, 15) is 14.4 Å². The highest BCUT2D eigenvalue weighted by Crippen LogP contribution is 2.38. The standard InChI is InChI=1S/C29H27N3O4S/c1-36-23-16-14-20(15-17-23)30-25-26(29(35)32(28(25)34)22-11-3-2-4-12-22)37-24-13-7-10-21(18-24)31-27(33)19-8-5-6-9-19/h2-4,7,10-19,30H,5-6,8-9H2,1H3,(H,31,33). The number of nitrogens with zero attached hydrogens (tertiary/aromatic N) is 1. The molecule has 1 aliphatic carbocycles. The van der Waals surface area contributed by atoms with E-state index in [0.29, 0.717) is 22.8 Å². The van der Waals surface area contributed by atoms with Crippen molar-refractivity contribution in [1.29, 1.82) is 0 Å². The van der Waals surface area contributed by atoms with Gasteiger partial charge in [-0.25, -0.2) is 4.90 Å². The Hall–Kier alpha value is -4.04. The molecule has 0 bridgehead atoms. The Morgan fingerprint density at radius 1 is 0.892 bits per heavy atom. The monoisotopic (exact) mass is 513 g/mol. The second-order valence-electron chi connectivity index (χ2n) is 8.94. The van der Waals surface area contributed by atoms with Crippen LogP contribution in [0.5, 0.6) is 5.75 Å². The highest BCUT2D eigenvalue weighted by molar-refractivity contribution is 8.04. The molecule has 0 radical (unpaired) electrons. The van der Waals surface area contributed by atoms with Crippen LogP contribution in [-0.4, -0.2) is 24.8 Å². The van der Waals surface area contributed by atoms with Crippen molar-refractivity contribution >= 4 is 46.5 Å². The van der Waals surface area contributed by atoms with Crippen LogP contribution in [0.1, 0.15) is 25.7 Å². The third-order valence-electron chi connectivity index (χ3n) is 6.46. The Morgan fingerprint density at radius 2 is 1.62 bits per heavy atom. The lowest BCUT2D eigenvalue weighted by atomic mass is 10.1. The van der Waals surface area contributed by atoms with Gasteiger partial charge in [0.25, 0.3) is 11.8 Å². The van der Waals surface area contributed by atoms with E-state index in [-0.39, 0.29) is 22.4 Å². The minimum absolute atomic E-state index is 0.0306. The molecule has 0 spiro atoms. The SMILES string of the molecule is COc1ccc(NC2=C(Sc3cccc(NC(=O)C4CCCC4)c3)C(=O)N(c3ccccc3)C2=O)cc1. The number of methoxy groups -OCH3 is 1. The first-order chi connectivity index (χ1) is 18.0. The number of nitrogens with one attached hydrogen (secondary N) is 2. The van der Waals surface area contributed by atoms with Crippen molar-refractivity contribution in [3.63, 3.8) is 0 Å². The molecule has 188 valence electrons. The number of rotatable bonds is 8. The molecular weight excluding hydrogens is 486 g/mol. The van der Waals surface area contributed by atoms with Crippen LogP contribution >= 0.6 is 11.8 Å². The van der Waals surface area contributed by atoms with Crippen LogP contribution in [0.2, 0.25) is 0 Å². The number of para-hydroxylation sites is 1. The predicted molar refractivity (Wildman–Crippen MR) is 145 cm³/mol.